The van der Waals surface area contributed by atoms with E-state index in [-0.39, 0.29) is 5.91 Å². The van der Waals surface area contributed by atoms with E-state index in [9.17, 15) is 4.79 Å². The Morgan fingerprint density at radius 1 is 1.24 bits per heavy atom. The number of carbonyl (C=O) groups excluding carboxylic acids is 1. The molecule has 0 spiro atoms. The van der Waals surface area contributed by atoms with Crippen LogP contribution in [0.5, 0.6) is 5.75 Å². The number of methoxy groups -OCH3 is 1. The van der Waals surface area contributed by atoms with Gasteiger partial charge in [0.2, 0.25) is 5.91 Å². The second kappa shape index (κ2) is 10.1. The first-order chi connectivity index (χ1) is 11.7. The van der Waals surface area contributed by atoms with Crippen LogP contribution in [-0.2, 0) is 11.2 Å². The molecule has 1 aromatic carbocycles. The quantitative estimate of drug-likeness (QED) is 0.741. The molecule has 1 saturated carbocycles. The molecule has 25 heavy (non-hydrogen) atoms. The molecule has 0 saturated heterocycles. The van der Waals surface area contributed by atoms with Crippen molar-refractivity contribution < 1.29 is 24.5 Å². The molecule has 1 fully saturated rings. The molecule has 3 N–H and O–H groups in total. The summed E-state index contributed by atoms with van der Waals surface area (Å²) in [6, 6.07) is 5.74. The number of nitrogens with one attached hydrogen (secondary N) is 1. The number of hydrogen-bond acceptors (Lipinski definition) is 3. The Kier molecular flexibility index (Phi) is 8.55. The topological polar surface area (TPSA) is 95.9 Å². The predicted molar refractivity (Wildman–Crippen MR) is 96.5 cm³/mol. The van der Waals surface area contributed by atoms with Crippen LogP contribution in [0.25, 0.3) is 0 Å². The zero-order chi connectivity index (χ0) is 19.0. The van der Waals surface area contributed by atoms with Crippen LogP contribution < -0.4 is 10.1 Å². The van der Waals surface area contributed by atoms with Gasteiger partial charge in [0.05, 0.1) is 13.5 Å². The third kappa shape index (κ3) is 7.65. The number of carbonyl (C=O) groups is 2. The van der Waals surface area contributed by atoms with Gasteiger partial charge in [-0.2, -0.15) is 0 Å². The fourth-order valence-electron chi connectivity index (χ4n) is 2.93. The molecule has 0 radical (unpaired) electrons. The molecule has 140 valence electrons. The second-order valence-electron chi connectivity index (χ2n) is 6.45. The standard InChI is InChI=1S/C17H24ClNO2.CH2O3/c1-11-4-6-14(8-12(11)2)19-17(20)9-13-5-7-15(21-3)10-16(13)18;2-1(3)4/h5,7,10-12,14H,4,6,8-9H2,1-3H3,(H,19,20);(H2,2,3,4). The largest absolute Gasteiger partial charge is 0.503 e. The highest BCUT2D eigenvalue weighted by Gasteiger charge is 2.25. The second-order valence-corrected chi connectivity index (χ2v) is 6.86. The molecule has 6 nitrogen and oxygen atoms in total. The first-order valence-electron chi connectivity index (χ1n) is 8.26. The lowest BCUT2D eigenvalue weighted by Gasteiger charge is -2.32. The SMILES string of the molecule is COc1ccc(CC(=O)NC2CCC(C)C(C)C2)c(Cl)c1.O=C(O)O. The molecule has 1 aromatic rings. The van der Waals surface area contributed by atoms with E-state index < -0.39 is 6.16 Å². The summed E-state index contributed by atoms with van der Waals surface area (Å²) in [5.41, 5.74) is 0.840. The summed E-state index contributed by atoms with van der Waals surface area (Å²) in [6.45, 7) is 4.56. The molecule has 7 heteroatoms. The van der Waals surface area contributed by atoms with Gasteiger partial charge in [0.15, 0.2) is 0 Å². The van der Waals surface area contributed by atoms with Crippen LogP contribution >= 0.6 is 11.6 Å². The van der Waals surface area contributed by atoms with Gasteiger partial charge in [-0.25, -0.2) is 4.79 Å². The van der Waals surface area contributed by atoms with Crippen LogP contribution in [0.15, 0.2) is 18.2 Å². The lowest BCUT2D eigenvalue weighted by atomic mass is 9.79. The Hall–Kier alpha value is -1.95. The van der Waals surface area contributed by atoms with Gasteiger partial charge in [0.1, 0.15) is 5.75 Å². The molecule has 2 rings (SSSR count). The minimum Gasteiger partial charge on any atom is -0.497 e. The van der Waals surface area contributed by atoms with E-state index in [0.717, 1.165) is 24.3 Å². The highest BCUT2D eigenvalue weighted by Crippen LogP contribution is 2.29. The van der Waals surface area contributed by atoms with E-state index in [2.05, 4.69) is 19.2 Å². The van der Waals surface area contributed by atoms with Crippen molar-refractivity contribution in [1.82, 2.24) is 5.32 Å². The Labute approximate surface area is 153 Å². The molecule has 3 unspecified atom stereocenters. The van der Waals surface area contributed by atoms with Gasteiger partial charge in [-0.05, 0) is 48.8 Å². The van der Waals surface area contributed by atoms with Crippen LogP contribution in [0.1, 0.15) is 38.7 Å². The number of ether oxygens (including phenoxy) is 1. The predicted octanol–water partition coefficient (Wildman–Crippen LogP) is 4.05. The molecule has 1 amide bonds. The summed E-state index contributed by atoms with van der Waals surface area (Å²) in [6.07, 6.45) is 1.83. The van der Waals surface area contributed by atoms with Crippen LogP contribution in [0, 0.1) is 11.8 Å². The minimum atomic E-state index is -1.83. The van der Waals surface area contributed by atoms with Gasteiger partial charge in [0.25, 0.3) is 0 Å². The summed E-state index contributed by atoms with van der Waals surface area (Å²) < 4.78 is 5.11. The van der Waals surface area contributed by atoms with Crippen LogP contribution in [0.4, 0.5) is 4.79 Å². The summed E-state index contributed by atoms with van der Waals surface area (Å²) >= 11 is 6.18. The fourth-order valence-corrected chi connectivity index (χ4v) is 3.17. The summed E-state index contributed by atoms with van der Waals surface area (Å²) in [7, 11) is 1.60. The molecule has 0 bridgehead atoms. The molecule has 0 aromatic heterocycles. The smallest absolute Gasteiger partial charge is 0.497 e. The van der Waals surface area contributed by atoms with Gasteiger partial charge < -0.3 is 20.3 Å². The maximum atomic E-state index is 12.2. The normalized spacial score (nSPS) is 22.3. The van der Waals surface area contributed by atoms with Crippen molar-refractivity contribution in [2.75, 3.05) is 7.11 Å². The number of rotatable bonds is 4. The number of hydrogen-bond donors (Lipinski definition) is 3. The Morgan fingerprint density at radius 3 is 2.40 bits per heavy atom. The van der Waals surface area contributed by atoms with Gasteiger partial charge in [-0.15, -0.1) is 0 Å². The van der Waals surface area contributed by atoms with Crippen molar-refractivity contribution in [2.24, 2.45) is 11.8 Å². The van der Waals surface area contributed by atoms with Gasteiger partial charge in [-0.1, -0.05) is 31.5 Å². The van der Waals surface area contributed by atoms with Crippen LogP contribution in [0.2, 0.25) is 5.02 Å². The van der Waals surface area contributed by atoms with Crippen molar-refractivity contribution in [2.45, 2.75) is 45.6 Å². The summed E-state index contributed by atoms with van der Waals surface area (Å²) in [4.78, 5) is 20.7. The van der Waals surface area contributed by atoms with E-state index in [1.165, 1.54) is 6.42 Å². The summed E-state index contributed by atoms with van der Waals surface area (Å²) in [5.74, 6) is 2.19. The van der Waals surface area contributed by atoms with Crippen LogP contribution in [0.3, 0.4) is 0 Å². The lowest BCUT2D eigenvalue weighted by molar-refractivity contribution is -0.121. The van der Waals surface area contributed by atoms with Crippen molar-refractivity contribution in [3.05, 3.63) is 28.8 Å². The molecule has 1 aliphatic rings. The zero-order valence-electron chi connectivity index (χ0n) is 14.8. The van der Waals surface area contributed by atoms with E-state index in [1.54, 1.807) is 13.2 Å². The minimum absolute atomic E-state index is 0.0498. The summed E-state index contributed by atoms with van der Waals surface area (Å²) in [5, 5.41) is 17.7. The van der Waals surface area contributed by atoms with Crippen LogP contribution in [-0.4, -0.2) is 35.4 Å². The van der Waals surface area contributed by atoms with Crippen molar-refractivity contribution >= 4 is 23.7 Å². The Bertz CT molecular complexity index is 589. The highest BCUT2D eigenvalue weighted by molar-refractivity contribution is 6.31. The third-order valence-electron chi connectivity index (χ3n) is 4.57. The van der Waals surface area contributed by atoms with Crippen molar-refractivity contribution in [3.8, 4) is 5.75 Å². The Balaban J connectivity index is 0.000000705. The van der Waals surface area contributed by atoms with Gasteiger partial charge in [-0.3, -0.25) is 4.79 Å². The van der Waals surface area contributed by atoms with Crippen molar-refractivity contribution in [3.63, 3.8) is 0 Å². The maximum Gasteiger partial charge on any atom is 0.503 e. The lowest BCUT2D eigenvalue weighted by Crippen LogP contribution is -2.40. The number of amides is 1. The van der Waals surface area contributed by atoms with E-state index in [0.29, 0.717) is 29.2 Å². The molecule has 0 aliphatic heterocycles. The van der Waals surface area contributed by atoms with Crippen molar-refractivity contribution in [1.29, 1.82) is 0 Å². The number of halogens is 1. The molecular formula is C18H26ClNO5. The van der Waals surface area contributed by atoms with Gasteiger partial charge >= 0.3 is 6.16 Å². The van der Waals surface area contributed by atoms with E-state index in [1.807, 2.05) is 12.1 Å². The number of benzene rings is 1. The molecule has 0 heterocycles. The number of carboxylic acid groups (broad SMARTS) is 2. The molecular weight excluding hydrogens is 346 g/mol. The highest BCUT2D eigenvalue weighted by atomic mass is 35.5. The first-order valence-corrected chi connectivity index (χ1v) is 8.64. The average molecular weight is 372 g/mol. The Morgan fingerprint density at radius 2 is 1.88 bits per heavy atom. The zero-order valence-corrected chi connectivity index (χ0v) is 15.5. The van der Waals surface area contributed by atoms with E-state index in [4.69, 9.17) is 31.3 Å². The first kappa shape index (κ1) is 21.1. The fraction of sp³-hybridized carbons (Fsp3) is 0.556. The third-order valence-corrected chi connectivity index (χ3v) is 4.93. The molecule has 1 aliphatic carbocycles. The monoisotopic (exact) mass is 371 g/mol. The van der Waals surface area contributed by atoms with Gasteiger partial charge in [0, 0.05) is 11.1 Å². The molecule has 3 atom stereocenters. The van der Waals surface area contributed by atoms with E-state index >= 15 is 0 Å². The maximum absolute atomic E-state index is 12.2. The average Bonchev–Trinajstić information content (AvgIpc) is 2.52.